The number of halogens is 6. The minimum absolute atomic E-state index is 0.104. The van der Waals surface area contributed by atoms with Crippen molar-refractivity contribution in [3.8, 4) is 0 Å². The highest BCUT2D eigenvalue weighted by Gasteiger charge is 2.71. The van der Waals surface area contributed by atoms with Crippen molar-refractivity contribution in [1.29, 1.82) is 0 Å². The number of rotatable bonds is 3. The Morgan fingerprint density at radius 3 is 2.00 bits per heavy atom. The van der Waals surface area contributed by atoms with Gasteiger partial charge in [0.15, 0.2) is 0 Å². The van der Waals surface area contributed by atoms with Crippen LogP contribution >= 0.6 is 0 Å². The minimum atomic E-state index is -5.92. The molecule has 4 aliphatic rings. The van der Waals surface area contributed by atoms with Crippen LogP contribution in [0.15, 0.2) is 0 Å². The third-order valence-corrected chi connectivity index (χ3v) is 10.6. The van der Waals surface area contributed by atoms with Gasteiger partial charge in [-0.2, -0.15) is 26.3 Å². The molecule has 192 valence electrons. The first-order valence-corrected chi connectivity index (χ1v) is 12.3. The highest BCUT2D eigenvalue weighted by molar-refractivity contribution is 5.11. The lowest BCUT2D eigenvalue weighted by Crippen LogP contribution is -2.60. The van der Waals surface area contributed by atoms with Crippen LogP contribution in [0.3, 0.4) is 0 Å². The van der Waals surface area contributed by atoms with Crippen LogP contribution in [0.25, 0.3) is 0 Å². The smallest absolute Gasteiger partial charge is 0.393 e. The van der Waals surface area contributed by atoms with Crippen LogP contribution in [-0.2, 0) is 0 Å². The molecule has 9 heteroatoms. The van der Waals surface area contributed by atoms with Gasteiger partial charge in [0.25, 0.3) is 5.60 Å². The van der Waals surface area contributed by atoms with Crippen LogP contribution in [-0.4, -0.2) is 45.5 Å². The van der Waals surface area contributed by atoms with E-state index in [0.29, 0.717) is 37.0 Å². The summed E-state index contributed by atoms with van der Waals surface area (Å²) in [6.45, 7) is 4.23. The highest BCUT2D eigenvalue weighted by atomic mass is 19.4. The number of hydrogen-bond donors (Lipinski definition) is 3. The quantitative estimate of drug-likeness (QED) is 0.455. The molecule has 4 fully saturated rings. The fourth-order valence-electron chi connectivity index (χ4n) is 8.75. The fraction of sp³-hybridized carbons (Fsp3) is 1.00. The molecule has 0 spiro atoms. The van der Waals surface area contributed by atoms with Gasteiger partial charge in [-0.05, 0) is 98.2 Å². The zero-order valence-electron chi connectivity index (χ0n) is 19.2. The first-order chi connectivity index (χ1) is 15.0. The summed E-state index contributed by atoms with van der Waals surface area (Å²) < 4.78 is 79.4. The van der Waals surface area contributed by atoms with Gasteiger partial charge in [0.05, 0.1) is 12.2 Å². The molecule has 0 amide bonds. The number of aliphatic hydroxyl groups is 3. The van der Waals surface area contributed by atoms with Crippen LogP contribution in [0.5, 0.6) is 0 Å². The number of alkyl halides is 6. The first kappa shape index (κ1) is 25.5. The van der Waals surface area contributed by atoms with E-state index in [4.69, 9.17) is 0 Å². The highest BCUT2D eigenvalue weighted by Crippen LogP contribution is 2.68. The summed E-state index contributed by atoms with van der Waals surface area (Å²) in [6, 6.07) is 0. The van der Waals surface area contributed by atoms with Crippen molar-refractivity contribution in [2.24, 2.45) is 40.4 Å². The first-order valence-electron chi connectivity index (χ1n) is 12.3. The number of aliphatic hydroxyl groups excluding tert-OH is 2. The summed E-state index contributed by atoms with van der Waals surface area (Å²) in [6.07, 6.45) is -8.76. The lowest BCUT2D eigenvalue weighted by Gasteiger charge is -2.61. The maximum Gasteiger partial charge on any atom is 0.426 e. The summed E-state index contributed by atoms with van der Waals surface area (Å²) in [5, 5.41) is 30.5. The number of hydrogen-bond acceptors (Lipinski definition) is 3. The van der Waals surface area contributed by atoms with Crippen LogP contribution < -0.4 is 0 Å². The Hall–Kier alpha value is -0.540. The molecule has 9 atom stereocenters. The van der Waals surface area contributed by atoms with E-state index in [9.17, 15) is 41.7 Å². The predicted molar refractivity (Wildman–Crippen MR) is 109 cm³/mol. The Kier molecular flexibility index (Phi) is 6.18. The molecule has 4 rings (SSSR count). The van der Waals surface area contributed by atoms with Crippen molar-refractivity contribution in [2.75, 3.05) is 0 Å². The Balaban J connectivity index is 1.54. The topological polar surface area (TPSA) is 60.7 Å². The zero-order chi connectivity index (χ0) is 24.6. The van der Waals surface area contributed by atoms with Gasteiger partial charge in [0.1, 0.15) is 0 Å². The van der Waals surface area contributed by atoms with Gasteiger partial charge in [-0.25, -0.2) is 0 Å². The van der Waals surface area contributed by atoms with Crippen LogP contribution in [0, 0.1) is 40.4 Å². The van der Waals surface area contributed by atoms with Gasteiger partial charge in [-0.3, -0.25) is 0 Å². The largest absolute Gasteiger partial charge is 0.426 e. The molecular weight excluding hydrogens is 450 g/mol. The van der Waals surface area contributed by atoms with E-state index in [2.05, 4.69) is 6.92 Å². The second-order valence-corrected chi connectivity index (χ2v) is 11.9. The molecule has 4 saturated carbocycles. The maximum atomic E-state index is 13.2. The van der Waals surface area contributed by atoms with E-state index in [1.807, 2.05) is 6.92 Å². The fourth-order valence-corrected chi connectivity index (χ4v) is 8.75. The summed E-state index contributed by atoms with van der Waals surface area (Å²) in [5.74, 6) is 0.647. The molecule has 4 aliphatic carbocycles. The van der Waals surface area contributed by atoms with Crippen molar-refractivity contribution >= 4 is 0 Å². The summed E-state index contributed by atoms with van der Waals surface area (Å²) in [4.78, 5) is 0. The molecule has 3 nitrogen and oxygen atoms in total. The molecule has 0 bridgehead atoms. The average Bonchev–Trinajstić information content (AvgIpc) is 3.04. The van der Waals surface area contributed by atoms with Crippen LogP contribution in [0.2, 0.25) is 0 Å². The zero-order valence-corrected chi connectivity index (χ0v) is 19.2. The summed E-state index contributed by atoms with van der Waals surface area (Å²) in [7, 11) is 0. The monoisotopic (exact) mass is 486 g/mol. The van der Waals surface area contributed by atoms with Gasteiger partial charge in [0.2, 0.25) is 0 Å². The Morgan fingerprint density at radius 2 is 1.39 bits per heavy atom. The Labute approximate surface area is 190 Å². The van der Waals surface area contributed by atoms with Crippen molar-refractivity contribution in [3.63, 3.8) is 0 Å². The molecular formula is C24H36F6O3. The molecule has 0 aliphatic heterocycles. The van der Waals surface area contributed by atoms with E-state index in [-0.39, 0.29) is 17.4 Å². The average molecular weight is 487 g/mol. The maximum absolute atomic E-state index is 13.2. The van der Waals surface area contributed by atoms with E-state index < -0.39 is 41.8 Å². The van der Waals surface area contributed by atoms with Gasteiger partial charge < -0.3 is 15.3 Å². The lowest BCUT2D eigenvalue weighted by atomic mass is 9.44. The van der Waals surface area contributed by atoms with Crippen molar-refractivity contribution in [3.05, 3.63) is 0 Å². The van der Waals surface area contributed by atoms with Crippen LogP contribution in [0.4, 0.5) is 26.3 Å². The second-order valence-electron chi connectivity index (χ2n) is 11.9. The van der Waals surface area contributed by atoms with Gasteiger partial charge in [-0.15, -0.1) is 0 Å². The SMILES string of the molecule is C[C@]12CC[C@H](O)C[C@@H]1CC[C@@H]1[C@@H]2CC[C@]2(C)[C@@H]([C@H](O)CC(O)(C(F)(F)F)C(F)(F)F)CC[C@@H]12. The third-order valence-electron chi connectivity index (χ3n) is 10.6. The molecule has 0 unspecified atom stereocenters. The van der Waals surface area contributed by atoms with E-state index in [1.165, 1.54) is 0 Å². The molecule has 0 aromatic rings. The molecule has 3 N–H and O–H groups in total. The van der Waals surface area contributed by atoms with Crippen LogP contribution in [0.1, 0.15) is 78.1 Å². The van der Waals surface area contributed by atoms with E-state index in [1.54, 1.807) is 0 Å². The predicted octanol–water partition coefficient (Wildman–Crippen LogP) is 5.61. The molecule has 0 saturated heterocycles. The van der Waals surface area contributed by atoms with Gasteiger partial charge in [-0.1, -0.05) is 13.8 Å². The van der Waals surface area contributed by atoms with Crippen molar-refractivity contribution in [2.45, 2.75) is 108 Å². The minimum Gasteiger partial charge on any atom is -0.393 e. The third kappa shape index (κ3) is 3.83. The van der Waals surface area contributed by atoms with E-state index >= 15 is 0 Å². The standard InChI is InChI=1S/C24H36F6O3/c1-20-9-7-14(31)11-13(20)3-4-15-16-5-6-18(21(16,2)10-8-17(15)20)19(32)12-22(33,23(25,26)27)24(28,29)30/h13-19,31-33H,3-12H2,1-2H3/t13-,14-,15-,16-,17-,18+,19+,20-,21-/m0/s1. The normalized spacial score (nSPS) is 45.2. The number of fused-ring (bicyclic) bond motifs is 5. The van der Waals surface area contributed by atoms with Crippen molar-refractivity contribution < 1.29 is 41.7 Å². The molecule has 0 aromatic carbocycles. The lowest BCUT2D eigenvalue weighted by molar-refractivity contribution is -0.375. The second kappa shape index (κ2) is 7.99. The van der Waals surface area contributed by atoms with E-state index in [0.717, 1.165) is 38.5 Å². The van der Waals surface area contributed by atoms with Crippen molar-refractivity contribution in [1.82, 2.24) is 0 Å². The summed E-state index contributed by atoms with van der Waals surface area (Å²) in [5.41, 5.74) is -5.36. The Morgan fingerprint density at radius 1 is 0.818 bits per heavy atom. The molecule has 0 radical (unpaired) electrons. The summed E-state index contributed by atoms with van der Waals surface area (Å²) >= 11 is 0. The molecule has 33 heavy (non-hydrogen) atoms. The van der Waals surface area contributed by atoms with Gasteiger partial charge in [0, 0.05) is 6.42 Å². The molecule has 0 aromatic heterocycles. The van der Waals surface area contributed by atoms with Gasteiger partial charge >= 0.3 is 12.4 Å². The molecule has 0 heterocycles. The Bertz CT molecular complexity index is 725.